The molecule has 0 atom stereocenters. The molecule has 2 aliphatic heterocycles. The van der Waals surface area contributed by atoms with Gasteiger partial charge in [-0.05, 0) is 37.1 Å². The van der Waals surface area contributed by atoms with Crippen molar-refractivity contribution in [3.63, 3.8) is 0 Å². The number of hydrogen-bond acceptors (Lipinski definition) is 3. The summed E-state index contributed by atoms with van der Waals surface area (Å²) in [4.78, 5) is 13.8. The molecule has 0 spiro atoms. The van der Waals surface area contributed by atoms with E-state index in [1.165, 1.54) is 18.2 Å². The number of rotatable bonds is 3. The SMILES string of the molecule is N#Cc1ccc2c(c1)C(N1CCCCC1=O)=CC(CF)(CF)O2. The molecule has 3 rings (SSSR count). The maximum atomic E-state index is 13.4. The van der Waals surface area contributed by atoms with E-state index in [0.29, 0.717) is 29.8 Å². The summed E-state index contributed by atoms with van der Waals surface area (Å²) in [7, 11) is 0. The van der Waals surface area contributed by atoms with E-state index in [1.807, 2.05) is 6.07 Å². The predicted molar refractivity (Wildman–Crippen MR) is 80.0 cm³/mol. The summed E-state index contributed by atoms with van der Waals surface area (Å²) in [5.41, 5.74) is -0.357. The first kappa shape index (κ1) is 15.5. The average Bonchev–Trinajstić information content (AvgIpc) is 2.61. The second-order valence-electron chi connectivity index (χ2n) is 5.79. The lowest BCUT2D eigenvalue weighted by Crippen LogP contribution is -2.44. The van der Waals surface area contributed by atoms with Gasteiger partial charge in [-0.2, -0.15) is 5.26 Å². The van der Waals surface area contributed by atoms with Crippen LogP contribution >= 0.6 is 0 Å². The minimum atomic E-state index is -1.71. The lowest BCUT2D eigenvalue weighted by molar-refractivity contribution is -0.129. The van der Waals surface area contributed by atoms with Crippen LogP contribution in [-0.2, 0) is 4.79 Å². The molecule has 0 unspecified atom stereocenters. The van der Waals surface area contributed by atoms with Crippen LogP contribution in [0.2, 0.25) is 0 Å². The van der Waals surface area contributed by atoms with Crippen LogP contribution in [0.1, 0.15) is 30.4 Å². The van der Waals surface area contributed by atoms with E-state index in [9.17, 15) is 13.6 Å². The van der Waals surface area contributed by atoms with Gasteiger partial charge in [0.1, 0.15) is 19.1 Å². The summed E-state index contributed by atoms with van der Waals surface area (Å²) in [6, 6.07) is 6.66. The molecule has 6 heteroatoms. The molecule has 0 bridgehead atoms. The summed E-state index contributed by atoms with van der Waals surface area (Å²) >= 11 is 0. The second kappa shape index (κ2) is 5.99. The third-order valence-electron chi connectivity index (χ3n) is 4.16. The fraction of sp³-hybridized carbons (Fsp3) is 0.412. The molecule has 0 aromatic heterocycles. The standard InChI is InChI=1S/C17H16F2N2O2/c18-10-17(11-19)8-14(21-6-2-1-3-16(21)22)13-7-12(9-20)4-5-15(13)23-17/h4-5,7-8H,1-3,6,10-11H2. The Morgan fingerprint density at radius 3 is 2.74 bits per heavy atom. The van der Waals surface area contributed by atoms with Gasteiger partial charge in [-0.25, -0.2) is 8.78 Å². The Labute approximate surface area is 133 Å². The third-order valence-corrected chi connectivity index (χ3v) is 4.16. The molecule has 1 amide bonds. The number of nitriles is 1. The first-order chi connectivity index (χ1) is 11.1. The smallest absolute Gasteiger partial charge is 0.226 e. The fourth-order valence-electron chi connectivity index (χ4n) is 2.92. The van der Waals surface area contributed by atoms with Gasteiger partial charge in [0.25, 0.3) is 0 Å². The fourth-order valence-corrected chi connectivity index (χ4v) is 2.92. The van der Waals surface area contributed by atoms with Crippen molar-refractivity contribution in [1.29, 1.82) is 5.26 Å². The zero-order chi connectivity index (χ0) is 16.4. The molecule has 4 nitrogen and oxygen atoms in total. The molecule has 0 radical (unpaired) electrons. The van der Waals surface area contributed by atoms with Gasteiger partial charge in [0.05, 0.1) is 17.3 Å². The van der Waals surface area contributed by atoms with Crippen LogP contribution in [0.5, 0.6) is 5.75 Å². The van der Waals surface area contributed by atoms with Gasteiger partial charge in [0.15, 0.2) is 5.60 Å². The highest BCUT2D eigenvalue weighted by molar-refractivity contribution is 5.89. The topological polar surface area (TPSA) is 53.3 Å². The number of piperidine rings is 1. The summed E-state index contributed by atoms with van der Waals surface area (Å²) in [6.07, 6.45) is 3.39. The first-order valence-corrected chi connectivity index (χ1v) is 7.51. The third kappa shape index (κ3) is 2.67. The highest BCUT2D eigenvalue weighted by Crippen LogP contribution is 2.40. The van der Waals surface area contributed by atoms with E-state index >= 15 is 0 Å². The van der Waals surface area contributed by atoms with Gasteiger partial charge < -0.3 is 9.64 Å². The molecular weight excluding hydrogens is 302 g/mol. The number of ether oxygens (including phenoxy) is 1. The van der Waals surface area contributed by atoms with Crippen LogP contribution in [-0.4, -0.2) is 36.3 Å². The normalized spacial score (nSPS) is 19.4. The number of carbonyl (C=O) groups excluding carboxylic acids is 1. The van der Waals surface area contributed by atoms with Gasteiger partial charge in [0.2, 0.25) is 5.91 Å². The molecular formula is C17H16F2N2O2. The van der Waals surface area contributed by atoms with Crippen LogP contribution in [0.25, 0.3) is 5.70 Å². The molecule has 1 aromatic rings. The number of nitrogens with zero attached hydrogens (tertiary/aromatic N) is 2. The summed E-state index contributed by atoms with van der Waals surface area (Å²) in [5, 5.41) is 9.07. The van der Waals surface area contributed by atoms with E-state index in [0.717, 1.165) is 12.8 Å². The molecule has 120 valence electrons. The number of hydrogen-bond donors (Lipinski definition) is 0. The van der Waals surface area contributed by atoms with E-state index in [2.05, 4.69) is 0 Å². The van der Waals surface area contributed by atoms with Gasteiger partial charge in [-0.1, -0.05) is 0 Å². The maximum absolute atomic E-state index is 13.4. The summed E-state index contributed by atoms with van der Waals surface area (Å²) < 4.78 is 32.4. The lowest BCUT2D eigenvalue weighted by Gasteiger charge is -2.37. The number of amides is 1. The van der Waals surface area contributed by atoms with Crippen molar-refractivity contribution >= 4 is 11.6 Å². The molecule has 23 heavy (non-hydrogen) atoms. The van der Waals surface area contributed by atoms with Crippen molar-refractivity contribution in [3.05, 3.63) is 35.4 Å². The first-order valence-electron chi connectivity index (χ1n) is 7.51. The Balaban J connectivity index is 2.14. The second-order valence-corrected chi connectivity index (χ2v) is 5.79. The predicted octanol–water partition coefficient (Wildman–Crippen LogP) is 2.98. The highest BCUT2D eigenvalue weighted by atomic mass is 19.1. The Morgan fingerprint density at radius 1 is 1.30 bits per heavy atom. The summed E-state index contributed by atoms with van der Waals surface area (Å²) in [5.74, 6) is 0.208. The van der Waals surface area contributed by atoms with Crippen LogP contribution in [0, 0.1) is 11.3 Å². The molecule has 0 N–H and O–H groups in total. The van der Waals surface area contributed by atoms with Gasteiger partial charge in [0, 0.05) is 18.5 Å². The van der Waals surface area contributed by atoms with Crippen LogP contribution < -0.4 is 4.74 Å². The van der Waals surface area contributed by atoms with Crippen molar-refractivity contribution in [1.82, 2.24) is 4.90 Å². The minimum absolute atomic E-state index is 0.0793. The largest absolute Gasteiger partial charge is 0.477 e. The Morgan fingerprint density at radius 2 is 2.09 bits per heavy atom. The van der Waals surface area contributed by atoms with Crippen LogP contribution in [0.15, 0.2) is 24.3 Å². The monoisotopic (exact) mass is 318 g/mol. The van der Waals surface area contributed by atoms with E-state index in [4.69, 9.17) is 10.00 Å². The average molecular weight is 318 g/mol. The van der Waals surface area contributed by atoms with Gasteiger partial charge >= 0.3 is 0 Å². The maximum Gasteiger partial charge on any atom is 0.226 e. The Kier molecular flexibility index (Phi) is 4.03. The van der Waals surface area contributed by atoms with Crippen molar-refractivity contribution in [2.24, 2.45) is 0 Å². The lowest BCUT2D eigenvalue weighted by atomic mass is 9.94. The molecule has 2 aliphatic rings. The highest BCUT2D eigenvalue weighted by Gasteiger charge is 2.39. The number of alkyl halides is 2. The quantitative estimate of drug-likeness (QED) is 0.861. The number of fused-ring (bicyclic) bond motifs is 1. The zero-order valence-electron chi connectivity index (χ0n) is 12.5. The van der Waals surface area contributed by atoms with Crippen molar-refractivity contribution in [3.8, 4) is 11.8 Å². The molecule has 1 fully saturated rings. The summed E-state index contributed by atoms with van der Waals surface area (Å²) in [6.45, 7) is -1.57. The van der Waals surface area contributed by atoms with Gasteiger partial charge in [-0.3, -0.25) is 4.79 Å². The van der Waals surface area contributed by atoms with Crippen LogP contribution in [0.4, 0.5) is 8.78 Å². The molecule has 2 heterocycles. The van der Waals surface area contributed by atoms with E-state index < -0.39 is 19.0 Å². The molecule has 0 saturated carbocycles. The molecule has 1 saturated heterocycles. The number of likely N-dealkylation sites (tertiary alicyclic amines) is 1. The zero-order valence-corrected chi connectivity index (χ0v) is 12.5. The number of halogens is 2. The molecule has 0 aliphatic carbocycles. The van der Waals surface area contributed by atoms with Crippen molar-refractivity contribution < 1.29 is 18.3 Å². The molecule has 1 aromatic carbocycles. The number of benzene rings is 1. The van der Waals surface area contributed by atoms with Gasteiger partial charge in [-0.15, -0.1) is 0 Å². The number of carbonyl (C=O) groups is 1. The minimum Gasteiger partial charge on any atom is -0.477 e. The van der Waals surface area contributed by atoms with E-state index in [-0.39, 0.29) is 11.7 Å². The van der Waals surface area contributed by atoms with Crippen LogP contribution in [0.3, 0.4) is 0 Å². The van der Waals surface area contributed by atoms with Crippen molar-refractivity contribution in [2.75, 3.05) is 19.9 Å². The van der Waals surface area contributed by atoms with E-state index in [1.54, 1.807) is 11.0 Å². The Hall–Kier alpha value is -2.42. The van der Waals surface area contributed by atoms with Crippen molar-refractivity contribution in [2.45, 2.75) is 24.9 Å². The Bertz CT molecular complexity index is 705.